The van der Waals surface area contributed by atoms with Gasteiger partial charge in [0, 0.05) is 0 Å². The van der Waals surface area contributed by atoms with E-state index in [1.54, 1.807) is 11.8 Å². The lowest BCUT2D eigenvalue weighted by Gasteiger charge is -2.21. The molecule has 2 N–H and O–H groups in total. The molecule has 0 aromatic heterocycles. The largest absolute Gasteiger partial charge is 0.464 e. The van der Waals surface area contributed by atoms with E-state index in [2.05, 4.69) is 0 Å². The molecular weight excluding hydrogens is 222 g/mol. The van der Waals surface area contributed by atoms with Crippen LogP contribution in [-0.4, -0.2) is 30.6 Å². The summed E-state index contributed by atoms with van der Waals surface area (Å²) in [6.45, 7) is 0.575. The second-order valence-electron chi connectivity index (χ2n) is 4.52. The van der Waals surface area contributed by atoms with Crippen LogP contribution in [0.15, 0.2) is 0 Å². The van der Waals surface area contributed by atoms with Gasteiger partial charge in [-0.1, -0.05) is 19.3 Å². The molecule has 4 heteroatoms. The van der Waals surface area contributed by atoms with Gasteiger partial charge in [0.2, 0.25) is 0 Å². The Morgan fingerprint density at radius 2 is 2.12 bits per heavy atom. The van der Waals surface area contributed by atoms with E-state index in [0.29, 0.717) is 18.9 Å². The van der Waals surface area contributed by atoms with E-state index in [0.717, 1.165) is 5.75 Å². The lowest BCUT2D eigenvalue weighted by molar-refractivity contribution is -0.146. The summed E-state index contributed by atoms with van der Waals surface area (Å²) in [5, 5.41) is 0. The number of nitrogens with two attached hydrogens (primary N) is 1. The number of carbonyl (C=O) groups excluding carboxylic acids is 1. The van der Waals surface area contributed by atoms with Crippen LogP contribution in [0.2, 0.25) is 0 Å². The van der Waals surface area contributed by atoms with Gasteiger partial charge in [0.25, 0.3) is 0 Å². The molecule has 0 aromatic rings. The third-order valence-corrected chi connectivity index (χ3v) is 3.77. The molecule has 1 rings (SSSR count). The van der Waals surface area contributed by atoms with Crippen LogP contribution >= 0.6 is 11.8 Å². The van der Waals surface area contributed by atoms with Crippen LogP contribution in [0.1, 0.15) is 38.5 Å². The molecule has 0 saturated heterocycles. The van der Waals surface area contributed by atoms with Crippen molar-refractivity contribution in [2.75, 3.05) is 18.6 Å². The van der Waals surface area contributed by atoms with Crippen LogP contribution in [0.5, 0.6) is 0 Å². The van der Waals surface area contributed by atoms with Gasteiger partial charge in [-0.15, -0.1) is 0 Å². The maximum Gasteiger partial charge on any atom is 0.322 e. The predicted molar refractivity (Wildman–Crippen MR) is 68.5 cm³/mol. The number of hydrogen-bond acceptors (Lipinski definition) is 4. The second kappa shape index (κ2) is 7.96. The van der Waals surface area contributed by atoms with Gasteiger partial charge in [-0.2, -0.15) is 11.8 Å². The van der Waals surface area contributed by atoms with Crippen molar-refractivity contribution >= 4 is 17.7 Å². The van der Waals surface area contributed by atoms with E-state index >= 15 is 0 Å². The Labute approximate surface area is 102 Å². The number of esters is 1. The number of rotatable bonds is 6. The average molecular weight is 245 g/mol. The number of ether oxygens (including phenoxy) is 1. The zero-order valence-electron chi connectivity index (χ0n) is 10.1. The predicted octanol–water partition coefficient (Wildman–Crippen LogP) is 2.19. The normalized spacial score (nSPS) is 19.4. The lowest BCUT2D eigenvalue weighted by Crippen LogP contribution is -2.34. The first-order chi connectivity index (χ1) is 7.74. The maximum atomic E-state index is 11.5. The Balaban J connectivity index is 2.12. The quantitative estimate of drug-likeness (QED) is 0.729. The molecule has 1 aliphatic rings. The van der Waals surface area contributed by atoms with Crippen LogP contribution in [-0.2, 0) is 9.53 Å². The SMILES string of the molecule is CSCC[C@H](N)C(=O)OCC1CCCCC1. The minimum absolute atomic E-state index is 0.223. The summed E-state index contributed by atoms with van der Waals surface area (Å²) in [5.74, 6) is 1.27. The first-order valence-electron chi connectivity index (χ1n) is 6.15. The van der Waals surface area contributed by atoms with Crippen molar-refractivity contribution in [1.29, 1.82) is 0 Å². The molecule has 1 aliphatic carbocycles. The number of carbonyl (C=O) groups is 1. The van der Waals surface area contributed by atoms with Crippen molar-refractivity contribution in [3.05, 3.63) is 0 Å². The second-order valence-corrected chi connectivity index (χ2v) is 5.51. The van der Waals surface area contributed by atoms with E-state index in [-0.39, 0.29) is 5.97 Å². The molecule has 16 heavy (non-hydrogen) atoms. The molecule has 3 nitrogen and oxygen atoms in total. The molecule has 0 unspecified atom stereocenters. The fourth-order valence-corrected chi connectivity index (χ4v) is 2.51. The molecule has 0 heterocycles. The average Bonchev–Trinajstić information content (AvgIpc) is 2.34. The first kappa shape index (κ1) is 13.8. The Hall–Kier alpha value is -0.220. The summed E-state index contributed by atoms with van der Waals surface area (Å²) in [6.07, 6.45) is 9.02. The first-order valence-corrected chi connectivity index (χ1v) is 7.54. The summed E-state index contributed by atoms with van der Waals surface area (Å²) in [4.78, 5) is 11.5. The molecule has 0 aliphatic heterocycles. The van der Waals surface area contributed by atoms with E-state index in [4.69, 9.17) is 10.5 Å². The summed E-state index contributed by atoms with van der Waals surface area (Å²) in [6, 6.07) is -0.434. The van der Waals surface area contributed by atoms with Crippen molar-refractivity contribution < 1.29 is 9.53 Å². The van der Waals surface area contributed by atoms with Gasteiger partial charge < -0.3 is 10.5 Å². The number of thioether (sulfide) groups is 1. The van der Waals surface area contributed by atoms with Gasteiger partial charge in [-0.05, 0) is 37.2 Å². The molecule has 0 spiro atoms. The maximum absolute atomic E-state index is 11.5. The van der Waals surface area contributed by atoms with Crippen LogP contribution in [0.25, 0.3) is 0 Å². The minimum Gasteiger partial charge on any atom is -0.464 e. The zero-order chi connectivity index (χ0) is 11.8. The molecule has 0 aromatic carbocycles. The smallest absolute Gasteiger partial charge is 0.322 e. The fourth-order valence-electron chi connectivity index (χ4n) is 2.02. The van der Waals surface area contributed by atoms with Gasteiger partial charge in [0.05, 0.1) is 6.61 Å². The highest BCUT2D eigenvalue weighted by atomic mass is 32.2. The van der Waals surface area contributed by atoms with Crippen molar-refractivity contribution in [2.45, 2.75) is 44.6 Å². The van der Waals surface area contributed by atoms with Gasteiger partial charge in [0.15, 0.2) is 0 Å². The standard InChI is InChI=1S/C12H23NO2S/c1-16-8-7-11(13)12(14)15-9-10-5-3-2-4-6-10/h10-11H,2-9,13H2,1H3/t11-/m0/s1. The van der Waals surface area contributed by atoms with E-state index in [1.165, 1.54) is 32.1 Å². The highest BCUT2D eigenvalue weighted by Crippen LogP contribution is 2.23. The third-order valence-electron chi connectivity index (χ3n) is 3.12. The van der Waals surface area contributed by atoms with Crippen molar-refractivity contribution in [3.63, 3.8) is 0 Å². The van der Waals surface area contributed by atoms with Gasteiger partial charge in [-0.3, -0.25) is 4.79 Å². The van der Waals surface area contributed by atoms with Crippen LogP contribution < -0.4 is 5.73 Å². The molecule has 1 saturated carbocycles. The topological polar surface area (TPSA) is 52.3 Å². The van der Waals surface area contributed by atoms with E-state index in [1.807, 2.05) is 6.26 Å². The Morgan fingerprint density at radius 1 is 1.44 bits per heavy atom. The monoisotopic (exact) mass is 245 g/mol. The zero-order valence-corrected chi connectivity index (χ0v) is 10.9. The molecule has 0 radical (unpaired) electrons. The van der Waals surface area contributed by atoms with Crippen molar-refractivity contribution in [3.8, 4) is 0 Å². The molecule has 94 valence electrons. The summed E-state index contributed by atoms with van der Waals surface area (Å²) in [5.41, 5.74) is 5.73. The summed E-state index contributed by atoms with van der Waals surface area (Å²) >= 11 is 1.71. The molecule has 1 atom stereocenters. The summed E-state index contributed by atoms with van der Waals surface area (Å²) < 4.78 is 5.27. The Morgan fingerprint density at radius 3 is 2.75 bits per heavy atom. The highest BCUT2D eigenvalue weighted by molar-refractivity contribution is 7.98. The van der Waals surface area contributed by atoms with Crippen LogP contribution in [0.4, 0.5) is 0 Å². The van der Waals surface area contributed by atoms with Gasteiger partial charge >= 0.3 is 5.97 Å². The molecule has 0 amide bonds. The van der Waals surface area contributed by atoms with E-state index < -0.39 is 6.04 Å². The van der Waals surface area contributed by atoms with E-state index in [9.17, 15) is 4.79 Å². The Kier molecular flexibility index (Phi) is 6.88. The van der Waals surface area contributed by atoms with Gasteiger partial charge in [-0.25, -0.2) is 0 Å². The molecule has 0 bridgehead atoms. The third kappa shape index (κ3) is 5.21. The van der Waals surface area contributed by atoms with Crippen LogP contribution in [0.3, 0.4) is 0 Å². The number of hydrogen-bond donors (Lipinski definition) is 1. The van der Waals surface area contributed by atoms with Crippen molar-refractivity contribution in [1.82, 2.24) is 0 Å². The molecule has 1 fully saturated rings. The minimum atomic E-state index is -0.434. The summed E-state index contributed by atoms with van der Waals surface area (Å²) in [7, 11) is 0. The highest BCUT2D eigenvalue weighted by Gasteiger charge is 2.18. The van der Waals surface area contributed by atoms with Crippen LogP contribution in [0, 0.1) is 5.92 Å². The molecular formula is C12H23NO2S. The fraction of sp³-hybridized carbons (Fsp3) is 0.917. The Bertz CT molecular complexity index is 205. The lowest BCUT2D eigenvalue weighted by atomic mass is 9.90. The van der Waals surface area contributed by atoms with Gasteiger partial charge in [0.1, 0.15) is 6.04 Å². The van der Waals surface area contributed by atoms with Crippen molar-refractivity contribution in [2.24, 2.45) is 11.7 Å².